The molecule has 0 aliphatic heterocycles. The van der Waals surface area contributed by atoms with Gasteiger partial charge in [0, 0.05) is 15.6 Å². The van der Waals surface area contributed by atoms with Crippen molar-refractivity contribution in [3.05, 3.63) is 74.2 Å². The van der Waals surface area contributed by atoms with Crippen LogP contribution in [0, 0.1) is 6.92 Å². The van der Waals surface area contributed by atoms with Gasteiger partial charge in [0.15, 0.2) is 5.13 Å². The van der Waals surface area contributed by atoms with Gasteiger partial charge in [0.1, 0.15) is 17.2 Å². The van der Waals surface area contributed by atoms with Crippen LogP contribution in [-0.2, 0) is 6.61 Å². The fourth-order valence-electron chi connectivity index (χ4n) is 2.29. The van der Waals surface area contributed by atoms with Crippen LogP contribution in [0.1, 0.15) is 26.5 Å². The van der Waals surface area contributed by atoms with Crippen molar-refractivity contribution in [3.8, 4) is 5.75 Å². The Hall–Kier alpha value is -2.61. The summed E-state index contributed by atoms with van der Waals surface area (Å²) in [5, 5.41) is 5.45. The summed E-state index contributed by atoms with van der Waals surface area (Å²) in [5.41, 5.74) is 10.3. The first-order valence-corrected chi connectivity index (χ1v) is 9.72. The lowest BCUT2D eigenvalue weighted by Gasteiger charge is -2.08. The number of nitrogen functional groups attached to an aromatic ring is 1. The van der Waals surface area contributed by atoms with Crippen LogP contribution in [0.2, 0.25) is 10.0 Å². The number of amides is 1. The van der Waals surface area contributed by atoms with Gasteiger partial charge in [0.25, 0.3) is 5.91 Å². The summed E-state index contributed by atoms with van der Waals surface area (Å²) in [5.74, 6) is 0.339. The van der Waals surface area contributed by atoms with Crippen molar-refractivity contribution in [3.63, 3.8) is 0 Å². The summed E-state index contributed by atoms with van der Waals surface area (Å²) in [6.45, 7) is 2.05. The summed E-state index contributed by atoms with van der Waals surface area (Å²) < 4.78 is 5.72. The van der Waals surface area contributed by atoms with Gasteiger partial charge in [-0.2, -0.15) is 5.10 Å². The van der Waals surface area contributed by atoms with E-state index in [1.807, 2.05) is 18.2 Å². The number of nitrogens with two attached hydrogens (primary N) is 1. The monoisotopic (exact) mass is 434 g/mol. The second-order valence-corrected chi connectivity index (χ2v) is 7.63. The first-order chi connectivity index (χ1) is 13.4. The maximum atomic E-state index is 12.0. The maximum Gasteiger partial charge on any atom is 0.283 e. The molecule has 0 saturated heterocycles. The second-order valence-electron chi connectivity index (χ2n) is 5.76. The highest BCUT2D eigenvalue weighted by Gasteiger charge is 2.13. The van der Waals surface area contributed by atoms with Crippen LogP contribution < -0.4 is 15.9 Å². The number of thiazole rings is 1. The molecule has 0 fully saturated rings. The van der Waals surface area contributed by atoms with E-state index in [4.69, 9.17) is 33.7 Å². The molecular weight excluding hydrogens is 419 g/mol. The summed E-state index contributed by atoms with van der Waals surface area (Å²) in [4.78, 5) is 16.5. The van der Waals surface area contributed by atoms with E-state index in [9.17, 15) is 4.79 Å². The number of ether oxygens (including phenoxy) is 1. The molecule has 1 aromatic heterocycles. The molecule has 0 spiro atoms. The normalized spacial score (nSPS) is 11.0. The fraction of sp³-hybridized carbons (Fsp3) is 0.105. The van der Waals surface area contributed by atoms with Crippen LogP contribution in [-0.4, -0.2) is 17.1 Å². The van der Waals surface area contributed by atoms with Gasteiger partial charge in [-0.05, 0) is 48.9 Å². The van der Waals surface area contributed by atoms with Gasteiger partial charge in [-0.1, -0.05) is 40.6 Å². The molecule has 0 atom stereocenters. The molecule has 3 aromatic rings. The van der Waals surface area contributed by atoms with E-state index >= 15 is 0 Å². The number of halogens is 2. The zero-order valence-electron chi connectivity index (χ0n) is 14.8. The molecular formula is C19H16Cl2N4O2S. The number of anilines is 1. The topological polar surface area (TPSA) is 89.6 Å². The summed E-state index contributed by atoms with van der Waals surface area (Å²) >= 11 is 13.1. The number of hydrazone groups is 1. The zero-order chi connectivity index (χ0) is 20.1. The number of benzene rings is 2. The largest absolute Gasteiger partial charge is 0.489 e. The molecule has 0 bridgehead atoms. The molecule has 1 amide bonds. The first kappa shape index (κ1) is 20.1. The Morgan fingerprint density at radius 1 is 1.29 bits per heavy atom. The Morgan fingerprint density at radius 2 is 2.04 bits per heavy atom. The van der Waals surface area contributed by atoms with Crippen molar-refractivity contribution in [2.75, 3.05) is 5.73 Å². The lowest BCUT2D eigenvalue weighted by atomic mass is 10.2. The number of carbonyl (C=O) groups excluding carboxylic acids is 1. The second kappa shape index (κ2) is 9.05. The summed E-state index contributed by atoms with van der Waals surface area (Å²) in [6, 6.07) is 12.5. The quantitative estimate of drug-likeness (QED) is 0.435. The van der Waals surface area contributed by atoms with Gasteiger partial charge in [0.2, 0.25) is 0 Å². The Labute approximate surface area is 176 Å². The molecule has 0 aliphatic rings. The summed E-state index contributed by atoms with van der Waals surface area (Å²) in [7, 11) is 0. The first-order valence-electron chi connectivity index (χ1n) is 8.15. The van der Waals surface area contributed by atoms with E-state index < -0.39 is 0 Å². The van der Waals surface area contributed by atoms with Crippen molar-refractivity contribution >= 4 is 51.8 Å². The SMILES string of the molecule is Cc1nc(N)sc1C(=O)N/N=C\c1ccc(OCc2ccc(Cl)cc2Cl)cc1. The van der Waals surface area contributed by atoms with Gasteiger partial charge in [-0.25, -0.2) is 10.4 Å². The van der Waals surface area contributed by atoms with E-state index in [0.29, 0.717) is 38.1 Å². The van der Waals surface area contributed by atoms with Crippen molar-refractivity contribution in [2.45, 2.75) is 13.5 Å². The third-order valence-electron chi connectivity index (χ3n) is 3.69. The Kier molecular flexibility index (Phi) is 6.51. The number of aromatic nitrogens is 1. The van der Waals surface area contributed by atoms with Crippen LogP contribution in [0.15, 0.2) is 47.6 Å². The number of nitrogens with one attached hydrogen (secondary N) is 1. The van der Waals surface area contributed by atoms with Crippen LogP contribution in [0.3, 0.4) is 0 Å². The highest BCUT2D eigenvalue weighted by molar-refractivity contribution is 7.17. The third-order valence-corrected chi connectivity index (χ3v) is 5.26. The zero-order valence-corrected chi connectivity index (χ0v) is 17.1. The predicted molar refractivity (Wildman–Crippen MR) is 114 cm³/mol. The van der Waals surface area contributed by atoms with E-state index in [-0.39, 0.29) is 5.91 Å². The molecule has 0 unspecified atom stereocenters. The average Bonchev–Trinajstić information content (AvgIpc) is 3.00. The van der Waals surface area contributed by atoms with Crippen LogP contribution in [0.5, 0.6) is 5.75 Å². The van der Waals surface area contributed by atoms with Gasteiger partial charge in [-0.15, -0.1) is 0 Å². The van der Waals surface area contributed by atoms with E-state index in [1.54, 1.807) is 31.2 Å². The van der Waals surface area contributed by atoms with Gasteiger partial charge >= 0.3 is 0 Å². The van der Waals surface area contributed by atoms with Crippen molar-refractivity contribution < 1.29 is 9.53 Å². The molecule has 2 aromatic carbocycles. The number of carbonyl (C=O) groups is 1. The number of hydrogen-bond donors (Lipinski definition) is 2. The highest BCUT2D eigenvalue weighted by atomic mass is 35.5. The molecule has 0 aliphatic carbocycles. The van der Waals surface area contributed by atoms with E-state index in [2.05, 4.69) is 15.5 Å². The van der Waals surface area contributed by atoms with Crippen LogP contribution in [0.25, 0.3) is 0 Å². The number of aryl methyl sites for hydroxylation is 1. The molecule has 1 heterocycles. The van der Waals surface area contributed by atoms with Crippen molar-refractivity contribution in [1.82, 2.24) is 10.4 Å². The molecule has 0 saturated carbocycles. The van der Waals surface area contributed by atoms with Gasteiger partial charge in [-0.3, -0.25) is 4.79 Å². The molecule has 3 rings (SSSR count). The van der Waals surface area contributed by atoms with Crippen LogP contribution >= 0.6 is 34.5 Å². The smallest absolute Gasteiger partial charge is 0.283 e. The molecule has 6 nitrogen and oxygen atoms in total. The molecule has 3 N–H and O–H groups in total. The number of nitrogens with zero attached hydrogens (tertiary/aromatic N) is 2. The Bertz CT molecular complexity index is 1020. The average molecular weight is 435 g/mol. The number of hydrogen-bond acceptors (Lipinski definition) is 6. The summed E-state index contributed by atoms with van der Waals surface area (Å²) in [6.07, 6.45) is 1.54. The lowest BCUT2D eigenvalue weighted by Crippen LogP contribution is -2.17. The maximum absolute atomic E-state index is 12.0. The Morgan fingerprint density at radius 3 is 2.68 bits per heavy atom. The van der Waals surface area contributed by atoms with Crippen molar-refractivity contribution in [1.29, 1.82) is 0 Å². The van der Waals surface area contributed by atoms with E-state index in [0.717, 1.165) is 22.5 Å². The van der Waals surface area contributed by atoms with Gasteiger partial charge in [0.05, 0.1) is 11.9 Å². The Balaban J connectivity index is 1.54. The molecule has 0 radical (unpaired) electrons. The minimum atomic E-state index is -0.345. The van der Waals surface area contributed by atoms with Gasteiger partial charge < -0.3 is 10.5 Å². The minimum absolute atomic E-state index is 0.330. The fourth-order valence-corrected chi connectivity index (χ4v) is 3.48. The predicted octanol–water partition coefficient (Wildman–Crippen LogP) is 4.68. The van der Waals surface area contributed by atoms with Crippen molar-refractivity contribution in [2.24, 2.45) is 5.10 Å². The third kappa shape index (κ3) is 5.22. The standard InChI is InChI=1S/C19H16Cl2N4O2S/c1-11-17(28-19(22)24-11)18(26)25-23-9-12-2-6-15(7-3-12)27-10-13-4-5-14(20)8-16(13)21/h2-9H,10H2,1H3,(H2,22,24)(H,25,26)/b23-9-. The highest BCUT2D eigenvalue weighted by Crippen LogP contribution is 2.23. The minimum Gasteiger partial charge on any atom is -0.489 e. The molecule has 144 valence electrons. The lowest BCUT2D eigenvalue weighted by molar-refractivity contribution is 0.0958. The number of rotatable bonds is 6. The molecule has 28 heavy (non-hydrogen) atoms. The molecule has 9 heteroatoms. The van der Waals surface area contributed by atoms with E-state index in [1.165, 1.54) is 6.21 Å². The van der Waals surface area contributed by atoms with Crippen LogP contribution in [0.4, 0.5) is 5.13 Å².